The Morgan fingerprint density at radius 3 is 2.24 bits per heavy atom. The first-order valence-corrected chi connectivity index (χ1v) is 12.5. The predicted octanol–water partition coefficient (Wildman–Crippen LogP) is -2.60. The number of aromatic amines is 1. The number of carbonyl (C=O) groups is 4. The minimum absolute atomic E-state index is 0. The van der Waals surface area contributed by atoms with Crippen LogP contribution in [-0.2, 0) is 42.9 Å². The van der Waals surface area contributed by atoms with Crippen molar-refractivity contribution in [2.75, 3.05) is 7.05 Å². The molecule has 0 bridgehead atoms. The molecule has 16 heteroatoms. The Balaban J connectivity index is 0.00000484. The van der Waals surface area contributed by atoms with Crippen molar-refractivity contribution in [3.05, 3.63) is 30.0 Å². The Morgan fingerprint density at radius 2 is 1.67 bits per heavy atom. The van der Waals surface area contributed by atoms with Gasteiger partial charge in [-0.25, -0.2) is 14.8 Å². The summed E-state index contributed by atoms with van der Waals surface area (Å²) in [6.07, 6.45) is -7.26. The molecule has 1 saturated heterocycles. The summed E-state index contributed by atoms with van der Waals surface area (Å²) in [5.74, 6) is -4.74. The minimum Gasteiger partial charge on any atom is -0.859 e. The third kappa shape index (κ3) is 7.03. The fourth-order valence-electron chi connectivity index (χ4n) is 4.71. The van der Waals surface area contributed by atoms with Crippen LogP contribution in [0.1, 0.15) is 39.2 Å². The maximum Gasteiger partial charge on any atom is 1.00 e. The van der Waals surface area contributed by atoms with Gasteiger partial charge in [-0.05, 0) is 17.7 Å². The number of ether oxygens (including phenoxy) is 6. The molecule has 0 spiro atoms. The molecule has 2 aliphatic rings. The number of aromatic nitrogens is 1. The van der Waals surface area contributed by atoms with Gasteiger partial charge in [0.15, 0.2) is 18.3 Å². The first-order valence-electron chi connectivity index (χ1n) is 12.5. The number of carbonyl (C=O) groups excluding carboxylic acids is 3. The molecule has 1 aromatic heterocycles. The normalized spacial score (nSPS) is 26.8. The van der Waals surface area contributed by atoms with E-state index in [-0.39, 0.29) is 47.2 Å². The standard InChI is InChI=1S/C26H29N3O12.Na/c1-10(18-23(33)29-26(27-5)41-18)16-9-28-17-8-14(6-7-15(16)17)39-25-22(38-13(4)32)20(37-12(3)31)19(36-11(2)30)21(40-25)24(34)35;/h6-10,18-22,25,28H,1-5H3,(H,34,35)(H,27,29,33);/q;+1/p-1/t10-,18+,19+,20+,21+,22-,25+;/m1./s1. The summed E-state index contributed by atoms with van der Waals surface area (Å²) in [5, 5.41) is 22.8. The second-order valence-corrected chi connectivity index (χ2v) is 9.34. The quantitative estimate of drug-likeness (QED) is 0.183. The number of nitrogens with one attached hydrogen (secondary N) is 1. The Labute approximate surface area is 261 Å². The van der Waals surface area contributed by atoms with Gasteiger partial charge in [0.1, 0.15) is 11.9 Å². The Hall–Kier alpha value is -3.66. The third-order valence-electron chi connectivity index (χ3n) is 6.40. The van der Waals surface area contributed by atoms with Crippen molar-refractivity contribution in [3.63, 3.8) is 0 Å². The molecule has 15 nitrogen and oxygen atoms in total. The molecule has 4 rings (SSSR count). The number of amidine groups is 1. The molecule has 0 amide bonds. The minimum atomic E-state index is -1.83. The molecule has 42 heavy (non-hydrogen) atoms. The van der Waals surface area contributed by atoms with Crippen molar-refractivity contribution in [2.24, 2.45) is 9.98 Å². The maximum absolute atomic E-state index is 12.3. The molecule has 7 atom stereocenters. The molecule has 220 valence electrons. The molecule has 1 fully saturated rings. The number of nitrogens with zero attached hydrogens (tertiary/aromatic N) is 2. The van der Waals surface area contributed by atoms with Gasteiger partial charge in [0.05, 0.1) is 0 Å². The molecule has 2 aliphatic heterocycles. The predicted molar refractivity (Wildman–Crippen MR) is 136 cm³/mol. The van der Waals surface area contributed by atoms with E-state index in [1.165, 1.54) is 7.05 Å². The van der Waals surface area contributed by atoms with E-state index in [0.717, 1.165) is 31.7 Å². The van der Waals surface area contributed by atoms with Gasteiger partial charge in [0, 0.05) is 62.8 Å². The van der Waals surface area contributed by atoms with Crippen molar-refractivity contribution in [3.8, 4) is 5.75 Å². The number of hydrogen-bond donors (Lipinski definition) is 2. The SMILES string of the molecule is CN=C1N=C([O-])[C@H]([C@H](C)c2c[nH]c3cc(O[C@H]4O[C@H](C(=O)O)[C@@H](OC(C)=O)[C@H](OC(C)=O)[C@H]4OC(C)=O)ccc23)O1.[Na+]. The average Bonchev–Trinajstić information content (AvgIpc) is 3.48. The zero-order valence-corrected chi connectivity index (χ0v) is 25.7. The summed E-state index contributed by atoms with van der Waals surface area (Å²) < 4.78 is 32.7. The maximum atomic E-state index is 12.3. The number of aliphatic carboxylic acids is 1. The fourth-order valence-corrected chi connectivity index (χ4v) is 4.71. The zero-order valence-electron chi connectivity index (χ0n) is 23.7. The van der Waals surface area contributed by atoms with Gasteiger partial charge < -0.3 is 43.6 Å². The van der Waals surface area contributed by atoms with Crippen LogP contribution in [0.4, 0.5) is 0 Å². The smallest absolute Gasteiger partial charge is 0.859 e. The van der Waals surface area contributed by atoms with Crippen LogP contribution in [0, 0.1) is 0 Å². The Bertz CT molecular complexity index is 1420. The number of aliphatic imine (C=N–C) groups is 2. The largest absolute Gasteiger partial charge is 1.00 e. The van der Waals surface area contributed by atoms with Crippen molar-refractivity contribution in [1.29, 1.82) is 0 Å². The van der Waals surface area contributed by atoms with Crippen molar-refractivity contribution in [1.82, 2.24) is 4.98 Å². The van der Waals surface area contributed by atoms with Crippen LogP contribution in [0.15, 0.2) is 34.4 Å². The Kier molecular flexibility index (Phi) is 10.6. The second-order valence-electron chi connectivity index (χ2n) is 9.34. The molecule has 0 aliphatic carbocycles. The molecule has 2 N–H and O–H groups in total. The van der Waals surface area contributed by atoms with Crippen LogP contribution in [-0.4, -0.2) is 89.7 Å². The molecule has 0 radical (unpaired) electrons. The van der Waals surface area contributed by atoms with Crippen molar-refractivity contribution < 1.29 is 87.4 Å². The van der Waals surface area contributed by atoms with Crippen LogP contribution in [0.5, 0.6) is 5.75 Å². The summed E-state index contributed by atoms with van der Waals surface area (Å²) in [4.78, 5) is 58.3. The Morgan fingerprint density at radius 1 is 1.05 bits per heavy atom. The van der Waals surface area contributed by atoms with Gasteiger partial charge >= 0.3 is 59.5 Å². The molecule has 0 unspecified atom stereocenters. The van der Waals surface area contributed by atoms with E-state index in [0.29, 0.717) is 5.52 Å². The number of esters is 3. The number of carboxylic acid groups (broad SMARTS) is 1. The first-order chi connectivity index (χ1) is 19.4. The summed E-state index contributed by atoms with van der Waals surface area (Å²) >= 11 is 0. The first kappa shape index (κ1) is 32.8. The van der Waals surface area contributed by atoms with Crippen LogP contribution in [0.25, 0.3) is 10.9 Å². The van der Waals surface area contributed by atoms with Gasteiger partial charge in [-0.1, -0.05) is 6.92 Å². The number of hydrogen-bond acceptors (Lipinski definition) is 12. The summed E-state index contributed by atoms with van der Waals surface area (Å²) in [6.45, 7) is 4.99. The topological polar surface area (TPSA) is 207 Å². The van der Waals surface area contributed by atoms with E-state index in [9.17, 15) is 29.4 Å². The molecular formula is C26H28N3NaO12. The van der Waals surface area contributed by atoms with Crippen LogP contribution in [0.2, 0.25) is 0 Å². The average molecular weight is 598 g/mol. The molecule has 1 aromatic carbocycles. The number of benzene rings is 1. The van der Waals surface area contributed by atoms with E-state index in [2.05, 4.69) is 15.0 Å². The second kappa shape index (κ2) is 13.5. The molecule has 0 saturated carbocycles. The van der Waals surface area contributed by atoms with Crippen molar-refractivity contribution in [2.45, 2.75) is 70.4 Å². The van der Waals surface area contributed by atoms with Crippen LogP contribution in [0.3, 0.4) is 0 Å². The van der Waals surface area contributed by atoms with E-state index in [1.807, 2.05) is 6.92 Å². The monoisotopic (exact) mass is 597 g/mol. The van der Waals surface area contributed by atoms with E-state index >= 15 is 0 Å². The number of fused-ring (bicyclic) bond motifs is 1. The van der Waals surface area contributed by atoms with Gasteiger partial charge in [-0.2, -0.15) is 0 Å². The number of H-pyrrole nitrogens is 1. The molecular weight excluding hydrogens is 569 g/mol. The molecule has 2 aromatic rings. The number of carboxylic acids is 1. The zero-order chi connectivity index (χ0) is 30.0. The van der Waals surface area contributed by atoms with Gasteiger partial charge in [-0.3, -0.25) is 14.4 Å². The summed E-state index contributed by atoms with van der Waals surface area (Å²) in [5.41, 5.74) is 1.34. The van der Waals surface area contributed by atoms with Crippen molar-refractivity contribution >= 4 is 46.7 Å². The number of rotatable bonds is 8. The van der Waals surface area contributed by atoms with Gasteiger partial charge in [0.2, 0.25) is 12.4 Å². The summed E-state index contributed by atoms with van der Waals surface area (Å²) in [7, 11) is 1.47. The van der Waals surface area contributed by atoms with E-state index < -0.39 is 66.6 Å². The van der Waals surface area contributed by atoms with Crippen LogP contribution >= 0.6 is 0 Å². The molecule has 3 heterocycles. The van der Waals surface area contributed by atoms with Gasteiger partial charge in [0.25, 0.3) is 0 Å². The third-order valence-corrected chi connectivity index (χ3v) is 6.40. The van der Waals surface area contributed by atoms with Crippen LogP contribution < -0.4 is 39.4 Å². The summed E-state index contributed by atoms with van der Waals surface area (Å²) in [6, 6.07) is 4.84. The van der Waals surface area contributed by atoms with E-state index in [1.54, 1.807) is 24.4 Å². The van der Waals surface area contributed by atoms with Gasteiger partial charge in [-0.15, -0.1) is 0 Å². The fraction of sp³-hybridized carbons (Fsp3) is 0.462. The van der Waals surface area contributed by atoms with E-state index in [4.69, 9.17) is 28.4 Å².